The summed E-state index contributed by atoms with van der Waals surface area (Å²) in [5, 5.41) is 7.10. The maximum absolute atomic E-state index is 4.84. The lowest BCUT2D eigenvalue weighted by atomic mass is 10.1. The van der Waals surface area contributed by atoms with Crippen molar-refractivity contribution < 1.29 is 0 Å². The molecule has 0 bridgehead atoms. The Bertz CT molecular complexity index is 409. The van der Waals surface area contributed by atoms with E-state index in [2.05, 4.69) is 60.0 Å². The molecule has 26 heavy (non-hydrogen) atoms. The van der Waals surface area contributed by atoms with Gasteiger partial charge in [-0.05, 0) is 33.2 Å². The summed E-state index contributed by atoms with van der Waals surface area (Å²) in [4.78, 5) is 12.5. The molecule has 6 nitrogen and oxygen atoms in total. The Morgan fingerprint density at radius 2 is 1.73 bits per heavy atom. The number of guanidine groups is 1. The monoisotopic (exact) mass is 480 g/mol. The van der Waals surface area contributed by atoms with Gasteiger partial charge in [-0.1, -0.05) is 13.8 Å². The van der Waals surface area contributed by atoms with Gasteiger partial charge >= 0.3 is 0 Å². The molecule has 2 unspecified atom stereocenters. The second kappa shape index (κ2) is 12.4. The minimum atomic E-state index is 0. The van der Waals surface area contributed by atoms with Gasteiger partial charge in [0.25, 0.3) is 0 Å². The van der Waals surface area contributed by atoms with Crippen molar-refractivity contribution in [3.63, 3.8) is 0 Å². The van der Waals surface area contributed by atoms with E-state index in [4.69, 9.17) is 4.99 Å². The van der Waals surface area contributed by atoms with Crippen LogP contribution in [0.4, 0.5) is 0 Å². The molecule has 0 aromatic carbocycles. The lowest BCUT2D eigenvalue weighted by Crippen LogP contribution is -2.48. The Balaban J connectivity index is 0.00000338. The third-order valence-electron chi connectivity index (χ3n) is 5.64. The van der Waals surface area contributed by atoms with E-state index < -0.39 is 0 Å². The minimum Gasteiger partial charge on any atom is -0.357 e. The highest BCUT2D eigenvalue weighted by atomic mass is 127. The highest BCUT2D eigenvalue weighted by molar-refractivity contribution is 14.0. The Morgan fingerprint density at radius 1 is 1.08 bits per heavy atom. The predicted octanol–water partition coefficient (Wildman–Crippen LogP) is 1.53. The van der Waals surface area contributed by atoms with Gasteiger partial charge in [0.05, 0.1) is 6.54 Å². The normalized spacial score (nSPS) is 26.2. The molecule has 7 heteroatoms. The van der Waals surface area contributed by atoms with Gasteiger partial charge in [0.2, 0.25) is 0 Å². The van der Waals surface area contributed by atoms with Crippen LogP contribution in [0.15, 0.2) is 4.99 Å². The highest BCUT2D eigenvalue weighted by Gasteiger charge is 2.31. The molecule has 2 saturated heterocycles. The fourth-order valence-corrected chi connectivity index (χ4v) is 3.74. The number of piperazine rings is 1. The fraction of sp³-hybridized carbons (Fsp3) is 0.947. The van der Waals surface area contributed by atoms with E-state index in [1.54, 1.807) is 0 Å². The summed E-state index contributed by atoms with van der Waals surface area (Å²) in [5.74, 6) is 1.64. The van der Waals surface area contributed by atoms with E-state index in [-0.39, 0.29) is 24.0 Å². The predicted molar refractivity (Wildman–Crippen MR) is 123 cm³/mol. The fourth-order valence-electron chi connectivity index (χ4n) is 3.74. The molecule has 0 radical (unpaired) electrons. The second-order valence-electron chi connectivity index (χ2n) is 7.81. The molecule has 2 atom stereocenters. The van der Waals surface area contributed by atoms with Crippen LogP contribution >= 0.6 is 24.0 Å². The van der Waals surface area contributed by atoms with E-state index in [9.17, 15) is 0 Å². The molecule has 2 fully saturated rings. The zero-order valence-electron chi connectivity index (χ0n) is 17.5. The van der Waals surface area contributed by atoms with Crippen molar-refractivity contribution in [3.05, 3.63) is 0 Å². The summed E-state index contributed by atoms with van der Waals surface area (Å²) in [6.07, 6.45) is 0. The number of hydrogen-bond acceptors (Lipinski definition) is 4. The lowest BCUT2D eigenvalue weighted by Gasteiger charge is -2.33. The van der Waals surface area contributed by atoms with Crippen LogP contribution in [0.3, 0.4) is 0 Å². The maximum Gasteiger partial charge on any atom is 0.191 e. The van der Waals surface area contributed by atoms with E-state index in [0.29, 0.717) is 18.0 Å². The molecule has 0 aromatic rings. The zero-order valence-corrected chi connectivity index (χ0v) is 19.8. The van der Waals surface area contributed by atoms with Gasteiger partial charge in [-0.3, -0.25) is 14.8 Å². The third-order valence-corrected chi connectivity index (χ3v) is 5.64. The summed E-state index contributed by atoms with van der Waals surface area (Å²) < 4.78 is 0. The van der Waals surface area contributed by atoms with Gasteiger partial charge in [-0.2, -0.15) is 0 Å². The van der Waals surface area contributed by atoms with Gasteiger partial charge < -0.3 is 15.5 Å². The smallest absolute Gasteiger partial charge is 0.191 e. The standard InChI is InChI=1S/C19H40N6.HI/c1-6-20-19(22-18-15-25(16(3)4)14-17(18)5)21-8-9-24-12-10-23(7-2)11-13-24;/h16-18H,6-15H2,1-5H3,(H2,20,21,22);1H. The van der Waals surface area contributed by atoms with E-state index in [1.165, 1.54) is 39.3 Å². The number of nitrogens with zero attached hydrogens (tertiary/aromatic N) is 4. The first-order valence-electron chi connectivity index (χ1n) is 10.3. The highest BCUT2D eigenvalue weighted by Crippen LogP contribution is 2.18. The summed E-state index contributed by atoms with van der Waals surface area (Å²) in [5.41, 5.74) is 0. The number of likely N-dealkylation sites (tertiary alicyclic amines) is 1. The van der Waals surface area contributed by atoms with Gasteiger partial charge in [0.15, 0.2) is 5.96 Å². The zero-order chi connectivity index (χ0) is 18.2. The largest absolute Gasteiger partial charge is 0.357 e. The van der Waals surface area contributed by atoms with Crippen molar-refractivity contribution >= 4 is 29.9 Å². The van der Waals surface area contributed by atoms with Gasteiger partial charge in [-0.15, -0.1) is 24.0 Å². The SMILES string of the molecule is CCNC(=NCCN1CCN(CC)CC1)NC1CN(C(C)C)CC1C.I. The Labute approximate surface area is 178 Å². The second-order valence-corrected chi connectivity index (χ2v) is 7.81. The molecule has 2 heterocycles. The molecule has 2 N–H and O–H groups in total. The number of nitrogens with one attached hydrogen (secondary N) is 2. The number of rotatable bonds is 7. The first-order chi connectivity index (χ1) is 12.0. The number of hydrogen-bond donors (Lipinski definition) is 2. The van der Waals surface area contributed by atoms with Crippen molar-refractivity contribution in [2.24, 2.45) is 10.9 Å². The molecule has 0 spiro atoms. The van der Waals surface area contributed by atoms with Gasteiger partial charge in [0, 0.05) is 64.4 Å². The minimum absolute atomic E-state index is 0. The van der Waals surface area contributed by atoms with Crippen molar-refractivity contribution in [3.8, 4) is 0 Å². The molecule has 0 saturated carbocycles. The molecule has 0 amide bonds. The van der Waals surface area contributed by atoms with Crippen LogP contribution in [-0.2, 0) is 0 Å². The number of likely N-dealkylation sites (N-methyl/N-ethyl adjacent to an activating group) is 1. The summed E-state index contributed by atoms with van der Waals surface area (Å²) in [6.45, 7) is 22.4. The number of aliphatic imine (C=N–C) groups is 1. The summed E-state index contributed by atoms with van der Waals surface area (Å²) >= 11 is 0. The molecule has 154 valence electrons. The van der Waals surface area contributed by atoms with Crippen LogP contribution in [0.2, 0.25) is 0 Å². The van der Waals surface area contributed by atoms with Crippen molar-refractivity contribution in [1.29, 1.82) is 0 Å². The molecule has 2 rings (SSSR count). The average molecular weight is 480 g/mol. The Kier molecular flexibility index (Phi) is 11.4. The third kappa shape index (κ3) is 7.48. The summed E-state index contributed by atoms with van der Waals surface area (Å²) in [7, 11) is 0. The Morgan fingerprint density at radius 3 is 2.27 bits per heavy atom. The first-order valence-corrected chi connectivity index (χ1v) is 10.3. The quantitative estimate of drug-likeness (QED) is 0.329. The molecule has 0 aromatic heterocycles. The van der Waals surface area contributed by atoms with E-state index >= 15 is 0 Å². The van der Waals surface area contributed by atoms with Crippen LogP contribution in [0.1, 0.15) is 34.6 Å². The van der Waals surface area contributed by atoms with Gasteiger partial charge in [-0.25, -0.2) is 0 Å². The van der Waals surface area contributed by atoms with E-state index in [1.807, 2.05) is 0 Å². The van der Waals surface area contributed by atoms with Crippen molar-refractivity contribution in [2.75, 3.05) is 65.4 Å². The van der Waals surface area contributed by atoms with Crippen LogP contribution < -0.4 is 10.6 Å². The topological polar surface area (TPSA) is 46.1 Å². The first kappa shape index (κ1) is 23.9. The molecule has 2 aliphatic heterocycles. The summed E-state index contributed by atoms with van der Waals surface area (Å²) in [6, 6.07) is 1.11. The van der Waals surface area contributed by atoms with Crippen molar-refractivity contribution in [2.45, 2.75) is 46.7 Å². The van der Waals surface area contributed by atoms with Gasteiger partial charge in [0.1, 0.15) is 0 Å². The van der Waals surface area contributed by atoms with Crippen LogP contribution in [0.5, 0.6) is 0 Å². The number of halogens is 1. The molecule has 2 aliphatic rings. The van der Waals surface area contributed by atoms with E-state index in [0.717, 1.165) is 32.1 Å². The molecule has 0 aliphatic carbocycles. The lowest BCUT2D eigenvalue weighted by molar-refractivity contribution is 0.140. The maximum atomic E-state index is 4.84. The van der Waals surface area contributed by atoms with Crippen molar-refractivity contribution in [1.82, 2.24) is 25.3 Å². The van der Waals surface area contributed by atoms with Crippen LogP contribution in [-0.4, -0.2) is 98.2 Å². The molecular weight excluding hydrogens is 439 g/mol. The Hall–Kier alpha value is -0.120. The average Bonchev–Trinajstić information content (AvgIpc) is 2.97. The van der Waals surface area contributed by atoms with Crippen LogP contribution in [0.25, 0.3) is 0 Å². The van der Waals surface area contributed by atoms with Crippen LogP contribution in [0, 0.1) is 5.92 Å². The molecular formula is C19H41IN6.